The Morgan fingerprint density at radius 3 is 2.58 bits per heavy atom. The molecule has 4 heteroatoms. The first-order valence-corrected chi connectivity index (χ1v) is 4.44. The molecule has 64 valence electrons. The van der Waals surface area contributed by atoms with Crippen LogP contribution in [0.1, 0.15) is 12.0 Å². The average molecular weight is 203 g/mol. The van der Waals surface area contributed by atoms with Gasteiger partial charge in [0.25, 0.3) is 0 Å². The first-order chi connectivity index (χ1) is 5.83. The Hall–Kier alpha value is -0.600. The minimum absolute atomic E-state index is 0.268. The third kappa shape index (κ3) is 3.20. The Kier molecular flexibility index (Phi) is 4.05. The molecular formula is C8H8Cl2N2. The van der Waals surface area contributed by atoms with Crippen LogP contribution in [0.3, 0.4) is 0 Å². The predicted octanol–water partition coefficient (Wildman–Crippen LogP) is 2.77. The van der Waals surface area contributed by atoms with Crippen molar-refractivity contribution in [2.45, 2.75) is 6.42 Å². The van der Waals surface area contributed by atoms with Crippen LogP contribution in [-0.2, 0) is 0 Å². The van der Waals surface area contributed by atoms with Crippen LogP contribution in [-0.4, -0.2) is 15.8 Å². The zero-order chi connectivity index (χ0) is 8.81. The quantitative estimate of drug-likeness (QED) is 0.557. The third-order valence-corrected chi connectivity index (χ3v) is 1.64. The molecule has 1 aromatic rings. The van der Waals surface area contributed by atoms with Crippen molar-refractivity contribution < 1.29 is 0 Å². The number of halogens is 2. The second kappa shape index (κ2) is 5.12. The summed E-state index contributed by atoms with van der Waals surface area (Å²) in [6.45, 7) is 0. The first kappa shape index (κ1) is 9.49. The highest BCUT2D eigenvalue weighted by molar-refractivity contribution is 6.28. The summed E-state index contributed by atoms with van der Waals surface area (Å²) in [7, 11) is 0. The van der Waals surface area contributed by atoms with Crippen molar-refractivity contribution in [3.05, 3.63) is 29.3 Å². The second-order valence-corrected chi connectivity index (χ2v) is 2.88. The largest absolute Gasteiger partial charge is 0.226 e. The number of hydrogen-bond donors (Lipinski definition) is 0. The number of allylic oxidation sites excluding steroid dienone is 1. The Balaban J connectivity index is 2.58. The van der Waals surface area contributed by atoms with Gasteiger partial charge in [0.1, 0.15) is 0 Å². The van der Waals surface area contributed by atoms with Crippen LogP contribution < -0.4 is 0 Å². The molecule has 0 saturated carbocycles. The molecule has 0 atom stereocenters. The maximum Gasteiger partial charge on any atom is 0.222 e. The SMILES string of the molecule is ClCCC=Cc1cnc(Cl)nc1. The Morgan fingerprint density at radius 1 is 1.33 bits per heavy atom. The Labute approximate surface area is 81.2 Å². The molecule has 0 aliphatic carbocycles. The minimum Gasteiger partial charge on any atom is -0.226 e. The van der Waals surface area contributed by atoms with Crippen molar-refractivity contribution in [2.24, 2.45) is 0 Å². The van der Waals surface area contributed by atoms with Gasteiger partial charge in [0.05, 0.1) is 0 Å². The van der Waals surface area contributed by atoms with Gasteiger partial charge in [-0.1, -0.05) is 12.2 Å². The summed E-state index contributed by atoms with van der Waals surface area (Å²) in [6.07, 6.45) is 8.07. The smallest absolute Gasteiger partial charge is 0.222 e. The van der Waals surface area contributed by atoms with Gasteiger partial charge < -0.3 is 0 Å². The summed E-state index contributed by atoms with van der Waals surface area (Å²) in [4.78, 5) is 7.66. The maximum atomic E-state index is 5.51. The van der Waals surface area contributed by atoms with Crippen molar-refractivity contribution in [2.75, 3.05) is 5.88 Å². The van der Waals surface area contributed by atoms with E-state index in [1.165, 1.54) is 0 Å². The maximum absolute atomic E-state index is 5.51. The molecule has 0 unspecified atom stereocenters. The van der Waals surface area contributed by atoms with Crippen LogP contribution in [0, 0.1) is 0 Å². The molecule has 0 aromatic carbocycles. The van der Waals surface area contributed by atoms with Crippen molar-refractivity contribution in [1.82, 2.24) is 9.97 Å². The zero-order valence-corrected chi connectivity index (χ0v) is 7.89. The molecule has 1 rings (SSSR count). The highest BCUT2D eigenvalue weighted by atomic mass is 35.5. The number of aromatic nitrogens is 2. The molecule has 0 aliphatic heterocycles. The Bertz CT molecular complexity index is 256. The lowest BCUT2D eigenvalue weighted by molar-refractivity contribution is 1.16. The van der Waals surface area contributed by atoms with E-state index in [2.05, 4.69) is 9.97 Å². The van der Waals surface area contributed by atoms with Gasteiger partial charge in [-0.15, -0.1) is 11.6 Å². The van der Waals surface area contributed by atoms with E-state index in [1.807, 2.05) is 12.2 Å². The van der Waals surface area contributed by atoms with Gasteiger partial charge in [-0.05, 0) is 18.0 Å². The van der Waals surface area contributed by atoms with Crippen molar-refractivity contribution >= 4 is 29.3 Å². The minimum atomic E-state index is 0.268. The Morgan fingerprint density at radius 2 is 2.00 bits per heavy atom. The van der Waals surface area contributed by atoms with Crippen LogP contribution in [0.2, 0.25) is 5.28 Å². The molecule has 1 heterocycles. The van der Waals surface area contributed by atoms with E-state index < -0.39 is 0 Å². The number of nitrogens with zero attached hydrogens (tertiary/aromatic N) is 2. The molecule has 0 radical (unpaired) electrons. The van der Waals surface area contributed by atoms with Gasteiger partial charge in [0.2, 0.25) is 5.28 Å². The van der Waals surface area contributed by atoms with Crippen molar-refractivity contribution in [3.63, 3.8) is 0 Å². The number of hydrogen-bond acceptors (Lipinski definition) is 2. The lowest BCUT2D eigenvalue weighted by Crippen LogP contribution is -1.81. The van der Waals surface area contributed by atoms with Gasteiger partial charge in [0, 0.05) is 23.8 Å². The monoisotopic (exact) mass is 202 g/mol. The van der Waals surface area contributed by atoms with Crippen LogP contribution >= 0.6 is 23.2 Å². The first-order valence-electron chi connectivity index (χ1n) is 3.53. The highest BCUT2D eigenvalue weighted by Gasteiger charge is 1.88. The van der Waals surface area contributed by atoms with Gasteiger partial charge in [-0.2, -0.15) is 0 Å². The molecule has 0 aliphatic rings. The predicted molar refractivity (Wildman–Crippen MR) is 51.4 cm³/mol. The summed E-state index contributed by atoms with van der Waals surface area (Å²) in [5.74, 6) is 0.630. The zero-order valence-electron chi connectivity index (χ0n) is 6.37. The molecule has 12 heavy (non-hydrogen) atoms. The summed E-state index contributed by atoms with van der Waals surface area (Å²) in [5, 5.41) is 0.268. The van der Waals surface area contributed by atoms with Crippen molar-refractivity contribution in [3.8, 4) is 0 Å². The average Bonchev–Trinajstić information content (AvgIpc) is 2.09. The lowest BCUT2D eigenvalue weighted by Gasteiger charge is -1.90. The standard InChI is InChI=1S/C8H8Cl2N2/c9-4-2-1-3-7-5-11-8(10)12-6-7/h1,3,5-6H,2,4H2. The summed E-state index contributed by atoms with van der Waals surface area (Å²) in [5.41, 5.74) is 0.935. The topological polar surface area (TPSA) is 25.8 Å². The van der Waals surface area contributed by atoms with E-state index in [4.69, 9.17) is 23.2 Å². The van der Waals surface area contributed by atoms with Crippen molar-refractivity contribution in [1.29, 1.82) is 0 Å². The molecule has 0 N–H and O–H groups in total. The fourth-order valence-corrected chi connectivity index (χ4v) is 0.914. The summed E-state index contributed by atoms with van der Waals surface area (Å²) < 4.78 is 0. The summed E-state index contributed by atoms with van der Waals surface area (Å²) >= 11 is 11.0. The van der Waals surface area contributed by atoms with E-state index in [9.17, 15) is 0 Å². The van der Waals surface area contributed by atoms with Gasteiger partial charge in [-0.3, -0.25) is 0 Å². The van der Waals surface area contributed by atoms with E-state index in [0.717, 1.165) is 12.0 Å². The molecule has 0 amide bonds. The highest BCUT2D eigenvalue weighted by Crippen LogP contribution is 2.03. The van der Waals surface area contributed by atoms with Crippen LogP contribution in [0.25, 0.3) is 6.08 Å². The molecule has 0 spiro atoms. The van der Waals surface area contributed by atoms with Gasteiger partial charge >= 0.3 is 0 Å². The van der Waals surface area contributed by atoms with Crippen LogP contribution in [0.5, 0.6) is 0 Å². The van der Waals surface area contributed by atoms with Crippen LogP contribution in [0.15, 0.2) is 18.5 Å². The molecular weight excluding hydrogens is 195 g/mol. The summed E-state index contributed by atoms with van der Waals surface area (Å²) in [6, 6.07) is 0. The van der Waals surface area contributed by atoms with Crippen LogP contribution in [0.4, 0.5) is 0 Å². The molecule has 0 fully saturated rings. The molecule has 0 saturated heterocycles. The van der Waals surface area contributed by atoms with E-state index in [-0.39, 0.29) is 5.28 Å². The molecule has 0 bridgehead atoms. The number of alkyl halides is 1. The van der Waals surface area contributed by atoms with Gasteiger partial charge in [-0.25, -0.2) is 9.97 Å². The fraction of sp³-hybridized carbons (Fsp3) is 0.250. The normalized spacial score (nSPS) is 10.8. The van der Waals surface area contributed by atoms with E-state index in [0.29, 0.717) is 5.88 Å². The second-order valence-electron chi connectivity index (χ2n) is 2.17. The van der Waals surface area contributed by atoms with Gasteiger partial charge in [0.15, 0.2) is 0 Å². The fourth-order valence-electron chi connectivity index (χ4n) is 0.691. The van der Waals surface area contributed by atoms with E-state index >= 15 is 0 Å². The molecule has 1 aromatic heterocycles. The number of rotatable bonds is 3. The van der Waals surface area contributed by atoms with E-state index in [1.54, 1.807) is 12.4 Å². The lowest BCUT2D eigenvalue weighted by atomic mass is 10.3. The molecule has 2 nitrogen and oxygen atoms in total. The third-order valence-electron chi connectivity index (χ3n) is 1.23.